The van der Waals surface area contributed by atoms with Crippen LogP contribution in [0.3, 0.4) is 0 Å². The third kappa shape index (κ3) is 3.62. The lowest BCUT2D eigenvalue weighted by Crippen LogP contribution is -2.49. The first-order valence-corrected chi connectivity index (χ1v) is 8.34. The van der Waals surface area contributed by atoms with Crippen molar-refractivity contribution in [1.29, 1.82) is 0 Å². The van der Waals surface area contributed by atoms with E-state index in [0.29, 0.717) is 6.04 Å². The summed E-state index contributed by atoms with van der Waals surface area (Å²) in [6, 6.07) is 12.4. The molecule has 0 aromatic heterocycles. The van der Waals surface area contributed by atoms with E-state index in [0.717, 1.165) is 12.0 Å². The number of benzene rings is 1. The van der Waals surface area contributed by atoms with E-state index in [2.05, 4.69) is 47.5 Å². The second kappa shape index (κ2) is 6.73. The Bertz CT molecular complexity index is 391. The lowest BCUT2D eigenvalue weighted by molar-refractivity contribution is 0.187. The minimum absolute atomic E-state index is 0.634. The van der Waals surface area contributed by atoms with Gasteiger partial charge in [0.25, 0.3) is 0 Å². The van der Waals surface area contributed by atoms with Gasteiger partial charge in [0.15, 0.2) is 0 Å². The van der Waals surface area contributed by atoms with Crippen LogP contribution in [0.25, 0.3) is 0 Å². The fourth-order valence-corrected chi connectivity index (χ4v) is 3.74. The van der Waals surface area contributed by atoms with Gasteiger partial charge >= 0.3 is 0 Å². The Kier molecular flexibility index (Phi) is 4.74. The molecule has 0 amide bonds. The van der Waals surface area contributed by atoms with Gasteiger partial charge < -0.3 is 10.2 Å². The van der Waals surface area contributed by atoms with Crippen molar-refractivity contribution >= 4 is 0 Å². The van der Waals surface area contributed by atoms with E-state index in [1.165, 1.54) is 57.3 Å². The van der Waals surface area contributed by atoms with Crippen LogP contribution in [-0.2, 0) is 0 Å². The molecule has 110 valence electrons. The van der Waals surface area contributed by atoms with E-state index in [-0.39, 0.29) is 0 Å². The SMILES string of the molecule is CC(CN1CCCCC1)NC1CC(c2ccccc2)C1. The van der Waals surface area contributed by atoms with Crippen LogP contribution in [0.2, 0.25) is 0 Å². The first-order chi connectivity index (χ1) is 9.81. The maximum absolute atomic E-state index is 3.82. The molecule has 1 aliphatic carbocycles. The summed E-state index contributed by atoms with van der Waals surface area (Å²) in [6.07, 6.45) is 6.85. The van der Waals surface area contributed by atoms with Gasteiger partial charge in [-0.2, -0.15) is 0 Å². The highest BCUT2D eigenvalue weighted by Crippen LogP contribution is 2.36. The standard InChI is InChI=1S/C18H28N2/c1-15(14-20-10-6-3-7-11-20)19-18-12-17(13-18)16-8-4-2-5-9-16/h2,4-5,8-9,15,17-19H,3,6-7,10-14H2,1H3. The van der Waals surface area contributed by atoms with Crippen molar-refractivity contribution in [3.63, 3.8) is 0 Å². The molecule has 2 fully saturated rings. The second-order valence-electron chi connectivity index (χ2n) is 6.70. The van der Waals surface area contributed by atoms with E-state index in [4.69, 9.17) is 0 Å². The van der Waals surface area contributed by atoms with Crippen LogP contribution >= 0.6 is 0 Å². The molecule has 1 aromatic rings. The fourth-order valence-electron chi connectivity index (χ4n) is 3.74. The van der Waals surface area contributed by atoms with Crippen molar-refractivity contribution < 1.29 is 0 Å². The predicted molar refractivity (Wildman–Crippen MR) is 85.1 cm³/mol. The first-order valence-electron chi connectivity index (χ1n) is 8.34. The molecule has 0 bridgehead atoms. The van der Waals surface area contributed by atoms with Crippen LogP contribution < -0.4 is 5.32 Å². The van der Waals surface area contributed by atoms with Gasteiger partial charge in [-0.05, 0) is 57.2 Å². The molecule has 1 atom stereocenters. The van der Waals surface area contributed by atoms with Crippen molar-refractivity contribution in [2.75, 3.05) is 19.6 Å². The van der Waals surface area contributed by atoms with E-state index >= 15 is 0 Å². The Hall–Kier alpha value is -0.860. The summed E-state index contributed by atoms with van der Waals surface area (Å²) in [5, 5.41) is 3.82. The number of hydrogen-bond donors (Lipinski definition) is 1. The van der Waals surface area contributed by atoms with Crippen molar-refractivity contribution in [3.8, 4) is 0 Å². The summed E-state index contributed by atoms with van der Waals surface area (Å²) >= 11 is 0. The van der Waals surface area contributed by atoms with E-state index in [1.807, 2.05) is 0 Å². The number of rotatable bonds is 5. The lowest BCUT2D eigenvalue weighted by Gasteiger charge is -2.39. The zero-order valence-electron chi connectivity index (χ0n) is 12.7. The normalized spacial score (nSPS) is 28.9. The Labute approximate surface area is 123 Å². The molecule has 1 aliphatic heterocycles. The van der Waals surface area contributed by atoms with Crippen molar-refractivity contribution in [3.05, 3.63) is 35.9 Å². The van der Waals surface area contributed by atoms with Crippen LogP contribution in [-0.4, -0.2) is 36.6 Å². The van der Waals surface area contributed by atoms with E-state index in [1.54, 1.807) is 0 Å². The lowest BCUT2D eigenvalue weighted by atomic mass is 9.75. The summed E-state index contributed by atoms with van der Waals surface area (Å²) < 4.78 is 0. The summed E-state index contributed by atoms with van der Waals surface area (Å²) in [6.45, 7) is 6.20. The molecule has 1 saturated heterocycles. The maximum Gasteiger partial charge on any atom is 0.0169 e. The summed E-state index contributed by atoms with van der Waals surface area (Å²) in [4.78, 5) is 2.63. The monoisotopic (exact) mass is 272 g/mol. The molecular formula is C18H28N2. The van der Waals surface area contributed by atoms with Crippen LogP contribution in [0.4, 0.5) is 0 Å². The zero-order chi connectivity index (χ0) is 13.8. The fraction of sp³-hybridized carbons (Fsp3) is 0.667. The minimum Gasteiger partial charge on any atom is -0.310 e. The van der Waals surface area contributed by atoms with Gasteiger partial charge in [0.1, 0.15) is 0 Å². The van der Waals surface area contributed by atoms with Crippen LogP contribution in [0.15, 0.2) is 30.3 Å². The van der Waals surface area contributed by atoms with Gasteiger partial charge in [-0.3, -0.25) is 0 Å². The zero-order valence-corrected chi connectivity index (χ0v) is 12.7. The number of hydrogen-bond acceptors (Lipinski definition) is 2. The molecule has 1 N–H and O–H groups in total. The van der Waals surface area contributed by atoms with E-state index < -0.39 is 0 Å². The van der Waals surface area contributed by atoms with Crippen LogP contribution in [0, 0.1) is 0 Å². The molecule has 20 heavy (non-hydrogen) atoms. The van der Waals surface area contributed by atoms with Crippen molar-refractivity contribution in [2.45, 2.75) is 57.0 Å². The number of likely N-dealkylation sites (tertiary alicyclic amines) is 1. The largest absolute Gasteiger partial charge is 0.310 e. The summed E-state index contributed by atoms with van der Waals surface area (Å²) in [7, 11) is 0. The highest BCUT2D eigenvalue weighted by atomic mass is 15.2. The number of piperidine rings is 1. The molecule has 1 unspecified atom stereocenters. The highest BCUT2D eigenvalue weighted by molar-refractivity contribution is 5.22. The third-order valence-corrected chi connectivity index (χ3v) is 4.91. The van der Waals surface area contributed by atoms with Gasteiger partial charge in [-0.25, -0.2) is 0 Å². The number of nitrogens with one attached hydrogen (secondary N) is 1. The molecule has 0 spiro atoms. The Morgan fingerprint density at radius 1 is 1.10 bits per heavy atom. The van der Waals surface area contributed by atoms with Gasteiger partial charge in [-0.1, -0.05) is 36.8 Å². The topological polar surface area (TPSA) is 15.3 Å². The molecule has 1 aromatic carbocycles. The van der Waals surface area contributed by atoms with Crippen molar-refractivity contribution in [1.82, 2.24) is 10.2 Å². The molecular weight excluding hydrogens is 244 g/mol. The summed E-state index contributed by atoms with van der Waals surface area (Å²) in [5.74, 6) is 0.788. The predicted octanol–water partition coefficient (Wildman–Crippen LogP) is 3.40. The molecule has 0 radical (unpaired) electrons. The molecule has 3 rings (SSSR count). The molecule has 2 aliphatic rings. The third-order valence-electron chi connectivity index (χ3n) is 4.91. The van der Waals surface area contributed by atoms with Crippen molar-refractivity contribution in [2.24, 2.45) is 0 Å². The van der Waals surface area contributed by atoms with E-state index in [9.17, 15) is 0 Å². The second-order valence-corrected chi connectivity index (χ2v) is 6.70. The molecule has 2 nitrogen and oxygen atoms in total. The Morgan fingerprint density at radius 3 is 2.50 bits per heavy atom. The first kappa shape index (κ1) is 14.1. The molecule has 1 saturated carbocycles. The smallest absolute Gasteiger partial charge is 0.0169 e. The number of nitrogens with zero attached hydrogens (tertiary/aromatic N) is 1. The summed E-state index contributed by atoms with van der Waals surface area (Å²) in [5.41, 5.74) is 1.52. The Morgan fingerprint density at radius 2 is 1.80 bits per heavy atom. The highest BCUT2D eigenvalue weighted by Gasteiger charge is 2.31. The van der Waals surface area contributed by atoms with Gasteiger partial charge in [0, 0.05) is 18.6 Å². The quantitative estimate of drug-likeness (QED) is 0.884. The van der Waals surface area contributed by atoms with Crippen LogP contribution in [0.5, 0.6) is 0 Å². The van der Waals surface area contributed by atoms with Gasteiger partial charge in [0.05, 0.1) is 0 Å². The van der Waals surface area contributed by atoms with Gasteiger partial charge in [0.2, 0.25) is 0 Å². The average Bonchev–Trinajstić information content (AvgIpc) is 2.44. The molecule has 1 heterocycles. The Balaban J connectivity index is 1.37. The van der Waals surface area contributed by atoms with Gasteiger partial charge in [-0.15, -0.1) is 0 Å². The maximum atomic E-state index is 3.82. The minimum atomic E-state index is 0.634. The average molecular weight is 272 g/mol. The molecule has 2 heteroatoms. The van der Waals surface area contributed by atoms with Crippen LogP contribution in [0.1, 0.15) is 50.5 Å².